The van der Waals surface area contributed by atoms with Crippen LogP contribution in [-0.2, 0) is 4.79 Å². The maximum absolute atomic E-state index is 12.5. The quantitative estimate of drug-likeness (QED) is 0.184. The summed E-state index contributed by atoms with van der Waals surface area (Å²) in [7, 11) is 4.48. The van der Waals surface area contributed by atoms with E-state index < -0.39 is 0 Å². The van der Waals surface area contributed by atoms with Crippen LogP contribution in [0.25, 0.3) is 17.1 Å². The summed E-state index contributed by atoms with van der Waals surface area (Å²) >= 11 is 1.23. The Morgan fingerprint density at radius 3 is 2.30 bits per heavy atom. The van der Waals surface area contributed by atoms with Crippen LogP contribution in [0.5, 0.6) is 23.0 Å². The van der Waals surface area contributed by atoms with E-state index in [4.69, 9.17) is 14.2 Å². The second-order valence-corrected chi connectivity index (χ2v) is 8.50. The number of nitrogens with one attached hydrogen (secondary N) is 1. The number of hydrogen-bond donors (Lipinski definition) is 2. The SMILES string of the molecule is COc1ccc(-n2c(SCC(=O)NN=Cc3cc(OC)c(O)c(OC)c3)nnc2-c2ccccc2)cc1. The van der Waals surface area contributed by atoms with Crippen molar-refractivity contribution in [1.29, 1.82) is 0 Å². The van der Waals surface area contributed by atoms with Crippen LogP contribution in [0.15, 0.2) is 77.0 Å². The Kier molecular flexibility index (Phi) is 8.26. The van der Waals surface area contributed by atoms with Gasteiger partial charge in [-0.2, -0.15) is 5.10 Å². The van der Waals surface area contributed by atoms with E-state index in [1.807, 2.05) is 59.2 Å². The van der Waals surface area contributed by atoms with Gasteiger partial charge < -0.3 is 19.3 Å². The van der Waals surface area contributed by atoms with Gasteiger partial charge in [-0.15, -0.1) is 10.2 Å². The fraction of sp³-hybridized carbons (Fsp3) is 0.154. The molecule has 0 spiro atoms. The first kappa shape index (κ1) is 25.6. The molecule has 0 aliphatic carbocycles. The molecule has 0 atom stereocenters. The molecule has 0 saturated heterocycles. The van der Waals surface area contributed by atoms with E-state index >= 15 is 0 Å². The molecule has 3 aromatic carbocycles. The molecule has 0 bridgehead atoms. The van der Waals surface area contributed by atoms with Crippen molar-refractivity contribution in [3.8, 4) is 40.1 Å². The molecule has 11 heteroatoms. The lowest BCUT2D eigenvalue weighted by molar-refractivity contribution is -0.118. The van der Waals surface area contributed by atoms with Gasteiger partial charge in [0.05, 0.1) is 33.3 Å². The van der Waals surface area contributed by atoms with Crippen molar-refractivity contribution in [2.75, 3.05) is 27.1 Å². The van der Waals surface area contributed by atoms with E-state index in [0.29, 0.717) is 16.5 Å². The summed E-state index contributed by atoms with van der Waals surface area (Å²) in [5.74, 6) is 1.46. The number of phenols is 1. The largest absolute Gasteiger partial charge is 0.502 e. The number of benzene rings is 3. The summed E-state index contributed by atoms with van der Waals surface area (Å²) in [5, 5.41) is 23.3. The van der Waals surface area contributed by atoms with E-state index in [2.05, 4.69) is 20.7 Å². The zero-order valence-electron chi connectivity index (χ0n) is 20.4. The zero-order valence-corrected chi connectivity index (χ0v) is 21.2. The Morgan fingerprint density at radius 2 is 1.68 bits per heavy atom. The van der Waals surface area contributed by atoms with Crippen molar-refractivity contribution in [3.05, 3.63) is 72.3 Å². The van der Waals surface area contributed by atoms with Gasteiger partial charge in [-0.05, 0) is 36.4 Å². The number of aromatic hydroxyl groups is 1. The van der Waals surface area contributed by atoms with Crippen molar-refractivity contribution >= 4 is 23.9 Å². The molecule has 2 N–H and O–H groups in total. The van der Waals surface area contributed by atoms with Crippen LogP contribution in [0.4, 0.5) is 0 Å². The molecule has 0 fully saturated rings. The van der Waals surface area contributed by atoms with Crippen molar-refractivity contribution in [1.82, 2.24) is 20.2 Å². The van der Waals surface area contributed by atoms with E-state index in [0.717, 1.165) is 17.0 Å². The molecular weight excluding hydrogens is 494 g/mol. The Hall–Kier alpha value is -4.51. The highest BCUT2D eigenvalue weighted by Gasteiger charge is 2.17. The van der Waals surface area contributed by atoms with E-state index in [1.165, 1.54) is 32.2 Å². The minimum absolute atomic E-state index is 0.0582. The van der Waals surface area contributed by atoms with Crippen molar-refractivity contribution in [2.45, 2.75) is 5.16 Å². The van der Waals surface area contributed by atoms with Crippen molar-refractivity contribution in [3.63, 3.8) is 0 Å². The predicted octanol–water partition coefficient (Wildman–Crippen LogP) is 3.91. The minimum Gasteiger partial charge on any atom is -0.502 e. The fourth-order valence-electron chi connectivity index (χ4n) is 3.43. The number of phenolic OH excluding ortho intramolecular Hbond substituents is 1. The smallest absolute Gasteiger partial charge is 0.250 e. The summed E-state index contributed by atoms with van der Waals surface area (Å²) < 4.78 is 17.4. The lowest BCUT2D eigenvalue weighted by Gasteiger charge is -2.11. The van der Waals surface area contributed by atoms with Gasteiger partial charge >= 0.3 is 0 Å². The summed E-state index contributed by atoms with van der Waals surface area (Å²) in [4.78, 5) is 12.5. The summed E-state index contributed by atoms with van der Waals surface area (Å²) in [5.41, 5.74) is 4.80. The molecule has 0 saturated carbocycles. The number of hydrazone groups is 1. The number of carbonyl (C=O) groups excluding carboxylic acids is 1. The third-order valence-electron chi connectivity index (χ3n) is 5.23. The van der Waals surface area contributed by atoms with Gasteiger partial charge in [0.2, 0.25) is 5.75 Å². The molecule has 4 rings (SSSR count). The van der Waals surface area contributed by atoms with Crippen molar-refractivity contribution < 1.29 is 24.1 Å². The van der Waals surface area contributed by atoms with Gasteiger partial charge in [-0.1, -0.05) is 42.1 Å². The van der Waals surface area contributed by atoms with Crippen LogP contribution in [0, 0.1) is 0 Å². The fourth-order valence-corrected chi connectivity index (χ4v) is 4.18. The highest BCUT2D eigenvalue weighted by atomic mass is 32.2. The number of methoxy groups -OCH3 is 3. The first-order valence-electron chi connectivity index (χ1n) is 11.1. The standard InChI is InChI=1S/C26H25N5O5S/c1-34-20-11-9-19(10-12-20)31-25(18-7-5-4-6-8-18)29-30-26(31)37-16-23(32)28-27-15-17-13-21(35-2)24(33)22(14-17)36-3/h4-15,33H,16H2,1-3H3,(H,28,32). The third kappa shape index (κ3) is 6.01. The number of hydrogen-bond acceptors (Lipinski definition) is 9. The molecule has 1 aromatic heterocycles. The molecule has 1 heterocycles. The van der Waals surface area contributed by atoms with Gasteiger partial charge in [-0.25, -0.2) is 5.43 Å². The van der Waals surface area contributed by atoms with E-state index in [-0.39, 0.29) is 28.9 Å². The molecule has 0 radical (unpaired) electrons. The Bertz CT molecular complexity index is 1370. The topological polar surface area (TPSA) is 120 Å². The molecule has 190 valence electrons. The molecule has 10 nitrogen and oxygen atoms in total. The van der Waals surface area contributed by atoms with E-state index in [9.17, 15) is 9.90 Å². The van der Waals surface area contributed by atoms with Gasteiger partial charge in [0.1, 0.15) is 5.75 Å². The van der Waals surface area contributed by atoms with Gasteiger partial charge in [0.25, 0.3) is 5.91 Å². The Labute approximate surface area is 217 Å². The van der Waals surface area contributed by atoms with Crippen LogP contribution in [0.2, 0.25) is 0 Å². The number of aromatic nitrogens is 3. The third-order valence-corrected chi connectivity index (χ3v) is 6.16. The summed E-state index contributed by atoms with van der Waals surface area (Å²) in [6, 6.07) is 20.4. The molecule has 1 amide bonds. The lowest BCUT2D eigenvalue weighted by Crippen LogP contribution is -2.20. The zero-order chi connectivity index (χ0) is 26.2. The average Bonchev–Trinajstić information content (AvgIpc) is 3.37. The second kappa shape index (κ2) is 12.0. The van der Waals surface area contributed by atoms with Crippen molar-refractivity contribution in [2.24, 2.45) is 5.10 Å². The number of nitrogens with zero attached hydrogens (tertiary/aromatic N) is 4. The number of carbonyl (C=O) groups is 1. The molecule has 37 heavy (non-hydrogen) atoms. The highest BCUT2D eigenvalue weighted by molar-refractivity contribution is 7.99. The first-order valence-corrected chi connectivity index (χ1v) is 12.1. The molecular formula is C26H25N5O5S. The van der Waals surface area contributed by atoms with Gasteiger partial charge in [-0.3, -0.25) is 9.36 Å². The number of ether oxygens (including phenoxy) is 3. The predicted molar refractivity (Wildman–Crippen MR) is 141 cm³/mol. The van der Waals surface area contributed by atoms with Crippen LogP contribution in [0.1, 0.15) is 5.56 Å². The van der Waals surface area contributed by atoms with E-state index in [1.54, 1.807) is 19.2 Å². The van der Waals surface area contributed by atoms with Gasteiger partial charge in [0, 0.05) is 16.8 Å². The monoisotopic (exact) mass is 519 g/mol. The van der Waals surface area contributed by atoms with Crippen LogP contribution < -0.4 is 19.6 Å². The summed E-state index contributed by atoms with van der Waals surface area (Å²) in [6.07, 6.45) is 1.43. The molecule has 0 unspecified atom stereocenters. The lowest BCUT2D eigenvalue weighted by atomic mass is 10.2. The normalized spacial score (nSPS) is 10.9. The average molecular weight is 520 g/mol. The highest BCUT2D eigenvalue weighted by Crippen LogP contribution is 2.36. The summed E-state index contributed by atoms with van der Waals surface area (Å²) in [6.45, 7) is 0. The van der Waals surface area contributed by atoms with Crippen LogP contribution in [-0.4, -0.2) is 59.1 Å². The van der Waals surface area contributed by atoms with Crippen LogP contribution >= 0.6 is 11.8 Å². The maximum atomic E-state index is 12.5. The minimum atomic E-state index is -0.329. The Morgan fingerprint density at radius 1 is 1.00 bits per heavy atom. The van der Waals surface area contributed by atoms with Gasteiger partial charge in [0.15, 0.2) is 22.5 Å². The first-order chi connectivity index (χ1) is 18.0. The molecule has 4 aromatic rings. The van der Waals surface area contributed by atoms with Crippen LogP contribution in [0.3, 0.4) is 0 Å². The number of amides is 1. The number of rotatable bonds is 10. The molecule has 0 aliphatic rings. The second-order valence-electron chi connectivity index (χ2n) is 7.56. The Balaban J connectivity index is 1.49. The molecule has 0 aliphatic heterocycles. The maximum Gasteiger partial charge on any atom is 0.250 e. The number of thioether (sulfide) groups is 1.